The van der Waals surface area contributed by atoms with E-state index in [-0.39, 0.29) is 5.91 Å². The molecule has 2 aromatic heterocycles. The number of carbonyl (C=O) groups is 1. The first-order valence-electron chi connectivity index (χ1n) is 8.25. The zero-order valence-corrected chi connectivity index (χ0v) is 15.3. The van der Waals surface area contributed by atoms with Crippen molar-refractivity contribution in [3.8, 4) is 17.0 Å². The molecule has 0 fully saturated rings. The van der Waals surface area contributed by atoms with E-state index < -0.39 is 6.10 Å². The highest BCUT2D eigenvalue weighted by atomic mass is 32.1. The fraction of sp³-hybridized carbons (Fsp3) is 0.333. The number of imidazole rings is 1. The van der Waals surface area contributed by atoms with Crippen LogP contribution in [0.2, 0.25) is 0 Å². The topological polar surface area (TPSA) is 72.9 Å². The molecule has 130 valence electrons. The molecule has 0 aliphatic carbocycles. The minimum atomic E-state index is -0.457. The summed E-state index contributed by atoms with van der Waals surface area (Å²) in [5.41, 5.74) is 10.7. The molecule has 1 atom stereocenters. The number of aryl methyl sites for hydroxylation is 1. The number of anilines is 1. The second-order valence-electron chi connectivity index (χ2n) is 6.27. The van der Waals surface area contributed by atoms with Gasteiger partial charge in [-0.15, -0.1) is 11.3 Å². The molecule has 2 N–H and O–H groups in total. The van der Waals surface area contributed by atoms with Crippen LogP contribution in [-0.2, 0) is 11.2 Å². The molecule has 0 spiro atoms. The number of rotatable bonds is 3. The van der Waals surface area contributed by atoms with Crippen LogP contribution in [0.25, 0.3) is 16.2 Å². The normalized spacial score (nSPS) is 17.0. The van der Waals surface area contributed by atoms with Gasteiger partial charge in [-0.25, -0.2) is 4.98 Å². The van der Waals surface area contributed by atoms with Gasteiger partial charge in [0.25, 0.3) is 5.91 Å². The maximum atomic E-state index is 12.2. The van der Waals surface area contributed by atoms with Gasteiger partial charge in [-0.2, -0.15) is 0 Å². The standard InChI is InChI=1S/C18H20N4O2S/c1-10-16(20-18-22(10)13(6-7-19)9-25-18)12-4-5-15-14(8-12)21(3)17(23)11(2)24-15/h4-5,8-9,11H,6-7,19H2,1-3H3. The summed E-state index contributed by atoms with van der Waals surface area (Å²) in [5, 5.41) is 2.11. The number of ether oxygens (including phenoxy) is 1. The van der Waals surface area contributed by atoms with Gasteiger partial charge in [-0.3, -0.25) is 9.20 Å². The Morgan fingerprint density at radius 2 is 2.20 bits per heavy atom. The number of nitrogens with zero attached hydrogens (tertiary/aromatic N) is 3. The van der Waals surface area contributed by atoms with E-state index in [1.165, 1.54) is 5.69 Å². The summed E-state index contributed by atoms with van der Waals surface area (Å²) >= 11 is 1.62. The number of amides is 1. The number of nitrogens with two attached hydrogens (primary N) is 1. The Balaban J connectivity index is 1.82. The lowest BCUT2D eigenvalue weighted by Crippen LogP contribution is -2.41. The molecule has 0 bridgehead atoms. The first kappa shape index (κ1) is 16.1. The van der Waals surface area contributed by atoms with Crippen LogP contribution in [0.3, 0.4) is 0 Å². The van der Waals surface area contributed by atoms with Crippen molar-refractivity contribution in [2.24, 2.45) is 5.73 Å². The fourth-order valence-corrected chi connectivity index (χ4v) is 4.29. The van der Waals surface area contributed by atoms with Crippen LogP contribution in [0.5, 0.6) is 5.75 Å². The maximum absolute atomic E-state index is 12.2. The van der Waals surface area contributed by atoms with E-state index in [2.05, 4.69) is 16.7 Å². The van der Waals surface area contributed by atoms with Gasteiger partial charge in [0.15, 0.2) is 11.1 Å². The smallest absolute Gasteiger partial charge is 0.267 e. The third-order valence-corrected chi connectivity index (χ3v) is 5.52. The third-order valence-electron chi connectivity index (χ3n) is 4.64. The summed E-state index contributed by atoms with van der Waals surface area (Å²) in [6.45, 7) is 4.44. The summed E-state index contributed by atoms with van der Waals surface area (Å²) in [7, 11) is 1.78. The van der Waals surface area contributed by atoms with Crippen molar-refractivity contribution in [2.45, 2.75) is 26.4 Å². The summed E-state index contributed by atoms with van der Waals surface area (Å²) in [6.07, 6.45) is 0.367. The van der Waals surface area contributed by atoms with E-state index >= 15 is 0 Å². The zero-order valence-electron chi connectivity index (χ0n) is 14.4. The van der Waals surface area contributed by atoms with Crippen LogP contribution in [0.15, 0.2) is 23.6 Å². The molecule has 0 saturated heterocycles. The molecule has 1 aliphatic rings. The number of benzene rings is 1. The molecule has 7 heteroatoms. The lowest BCUT2D eigenvalue weighted by molar-refractivity contribution is -0.125. The Labute approximate surface area is 149 Å². The molecule has 3 heterocycles. The quantitative estimate of drug-likeness (QED) is 0.783. The van der Waals surface area contributed by atoms with E-state index in [0.717, 1.165) is 39.8 Å². The number of hydrogen-bond acceptors (Lipinski definition) is 5. The molecular formula is C18H20N4O2S. The van der Waals surface area contributed by atoms with Crippen LogP contribution < -0.4 is 15.4 Å². The minimum absolute atomic E-state index is 0.0440. The average Bonchev–Trinajstić information content (AvgIpc) is 3.14. The number of thiazole rings is 1. The second kappa shape index (κ2) is 5.86. The number of hydrogen-bond donors (Lipinski definition) is 1. The van der Waals surface area contributed by atoms with Crippen molar-refractivity contribution in [2.75, 3.05) is 18.5 Å². The lowest BCUT2D eigenvalue weighted by atomic mass is 10.1. The Morgan fingerprint density at radius 1 is 1.40 bits per heavy atom. The molecule has 1 amide bonds. The van der Waals surface area contributed by atoms with Crippen molar-refractivity contribution < 1.29 is 9.53 Å². The van der Waals surface area contributed by atoms with Crippen molar-refractivity contribution >= 4 is 27.9 Å². The first-order chi connectivity index (χ1) is 12.0. The highest BCUT2D eigenvalue weighted by Gasteiger charge is 2.29. The summed E-state index contributed by atoms with van der Waals surface area (Å²) in [6, 6.07) is 5.89. The lowest BCUT2D eigenvalue weighted by Gasteiger charge is -2.30. The largest absolute Gasteiger partial charge is 0.479 e. The van der Waals surface area contributed by atoms with Crippen LogP contribution in [-0.4, -0.2) is 35.0 Å². The van der Waals surface area contributed by atoms with Gasteiger partial charge in [0, 0.05) is 35.8 Å². The number of aromatic nitrogens is 2. The molecule has 1 aromatic carbocycles. The number of fused-ring (bicyclic) bond motifs is 2. The number of likely N-dealkylation sites (N-methyl/N-ethyl adjacent to an activating group) is 1. The van der Waals surface area contributed by atoms with Gasteiger partial charge in [0.05, 0.1) is 11.4 Å². The molecule has 0 saturated carbocycles. The van der Waals surface area contributed by atoms with Crippen LogP contribution >= 0.6 is 11.3 Å². The second-order valence-corrected chi connectivity index (χ2v) is 7.11. The van der Waals surface area contributed by atoms with Gasteiger partial charge in [0.1, 0.15) is 5.75 Å². The SMILES string of the molecule is Cc1c(-c2ccc3c(c2)N(C)C(=O)C(C)O3)nc2scc(CCN)n12. The minimum Gasteiger partial charge on any atom is -0.479 e. The molecule has 4 rings (SSSR count). The van der Waals surface area contributed by atoms with E-state index in [4.69, 9.17) is 15.5 Å². The predicted molar refractivity (Wildman–Crippen MR) is 99.5 cm³/mol. The average molecular weight is 356 g/mol. The zero-order chi connectivity index (χ0) is 17.7. The van der Waals surface area contributed by atoms with Crippen molar-refractivity contribution in [1.29, 1.82) is 0 Å². The highest BCUT2D eigenvalue weighted by Crippen LogP contribution is 2.38. The van der Waals surface area contributed by atoms with Gasteiger partial charge < -0.3 is 15.4 Å². The molecule has 25 heavy (non-hydrogen) atoms. The summed E-state index contributed by atoms with van der Waals surface area (Å²) < 4.78 is 7.87. The summed E-state index contributed by atoms with van der Waals surface area (Å²) in [4.78, 5) is 19.6. The highest BCUT2D eigenvalue weighted by molar-refractivity contribution is 7.15. The van der Waals surface area contributed by atoms with Crippen LogP contribution in [0.4, 0.5) is 5.69 Å². The number of carbonyl (C=O) groups excluding carboxylic acids is 1. The first-order valence-corrected chi connectivity index (χ1v) is 9.13. The monoisotopic (exact) mass is 356 g/mol. The Morgan fingerprint density at radius 3 is 2.96 bits per heavy atom. The molecule has 1 aliphatic heterocycles. The maximum Gasteiger partial charge on any atom is 0.267 e. The van der Waals surface area contributed by atoms with Gasteiger partial charge in [0.2, 0.25) is 0 Å². The molecule has 6 nitrogen and oxygen atoms in total. The third kappa shape index (κ3) is 2.42. The van der Waals surface area contributed by atoms with Crippen molar-refractivity contribution in [3.05, 3.63) is 35.0 Å². The van der Waals surface area contributed by atoms with E-state index in [9.17, 15) is 4.79 Å². The Kier molecular flexibility index (Phi) is 3.77. The van der Waals surface area contributed by atoms with Gasteiger partial charge in [-0.1, -0.05) is 0 Å². The van der Waals surface area contributed by atoms with Gasteiger partial charge in [-0.05, 0) is 38.6 Å². The van der Waals surface area contributed by atoms with E-state index in [1.54, 1.807) is 30.2 Å². The van der Waals surface area contributed by atoms with E-state index in [0.29, 0.717) is 6.54 Å². The van der Waals surface area contributed by atoms with E-state index in [1.807, 2.05) is 18.2 Å². The fourth-order valence-electron chi connectivity index (χ4n) is 3.32. The molecule has 0 radical (unpaired) electrons. The van der Waals surface area contributed by atoms with Crippen molar-refractivity contribution in [3.63, 3.8) is 0 Å². The van der Waals surface area contributed by atoms with Crippen LogP contribution in [0, 0.1) is 6.92 Å². The summed E-state index contributed by atoms with van der Waals surface area (Å²) in [5.74, 6) is 0.679. The Bertz CT molecular complexity index is 975. The molecule has 1 unspecified atom stereocenters. The van der Waals surface area contributed by atoms with Crippen molar-refractivity contribution in [1.82, 2.24) is 9.38 Å². The molecular weight excluding hydrogens is 336 g/mol. The van der Waals surface area contributed by atoms with Crippen LogP contribution in [0.1, 0.15) is 18.3 Å². The Hall–Kier alpha value is -2.38. The predicted octanol–water partition coefficient (Wildman–Crippen LogP) is 2.62. The molecule has 3 aromatic rings. The van der Waals surface area contributed by atoms with Gasteiger partial charge >= 0.3 is 0 Å².